The van der Waals surface area contributed by atoms with Gasteiger partial charge in [0.15, 0.2) is 0 Å². The molecule has 3 aromatic heterocycles. The average Bonchev–Trinajstić information content (AvgIpc) is 3.27. The molecule has 0 atom stereocenters. The van der Waals surface area contributed by atoms with E-state index in [0.717, 1.165) is 23.1 Å². The lowest BCUT2D eigenvalue weighted by atomic mass is 10.2. The zero-order valence-electron chi connectivity index (χ0n) is 14.6. The Kier molecular flexibility index (Phi) is 4.34. The molecule has 0 aliphatic rings. The van der Waals surface area contributed by atoms with E-state index in [1.807, 2.05) is 42.1 Å². The van der Waals surface area contributed by atoms with Crippen LogP contribution in [0, 0.1) is 6.92 Å². The molecule has 0 bridgehead atoms. The van der Waals surface area contributed by atoms with Crippen LogP contribution in [0.1, 0.15) is 17.8 Å². The zero-order valence-corrected chi connectivity index (χ0v) is 15.4. The van der Waals surface area contributed by atoms with Crippen molar-refractivity contribution in [1.29, 1.82) is 0 Å². The second-order valence-corrected chi connectivity index (χ2v) is 6.99. The Bertz CT molecular complexity index is 1130. The molecule has 132 valence electrons. The minimum atomic E-state index is -0.0338. The zero-order chi connectivity index (χ0) is 18.1. The van der Waals surface area contributed by atoms with Crippen molar-refractivity contribution in [3.63, 3.8) is 0 Å². The molecule has 3 heterocycles. The van der Waals surface area contributed by atoms with Gasteiger partial charge in [0.05, 0.1) is 22.2 Å². The highest BCUT2D eigenvalue weighted by Gasteiger charge is 2.13. The number of nitrogens with zero attached hydrogens (tertiary/aromatic N) is 6. The van der Waals surface area contributed by atoms with Crippen LogP contribution in [0.4, 0.5) is 0 Å². The van der Waals surface area contributed by atoms with Crippen molar-refractivity contribution >= 4 is 22.2 Å². The highest BCUT2D eigenvalue weighted by atomic mass is 32.1. The summed E-state index contributed by atoms with van der Waals surface area (Å²) in [6.45, 7) is 5.21. The maximum Gasteiger partial charge on any atom is 0.261 e. The molecule has 1 aromatic carbocycles. The van der Waals surface area contributed by atoms with E-state index in [9.17, 15) is 4.79 Å². The number of benzene rings is 1. The number of hydrogen-bond acceptors (Lipinski definition) is 6. The Balaban J connectivity index is 1.61. The van der Waals surface area contributed by atoms with Crippen molar-refractivity contribution in [3.8, 4) is 11.5 Å². The van der Waals surface area contributed by atoms with Gasteiger partial charge in [-0.1, -0.05) is 12.1 Å². The van der Waals surface area contributed by atoms with E-state index < -0.39 is 0 Å². The van der Waals surface area contributed by atoms with Crippen LogP contribution < -0.4 is 5.56 Å². The predicted molar refractivity (Wildman–Crippen MR) is 101 cm³/mol. The number of rotatable bonds is 5. The van der Waals surface area contributed by atoms with E-state index in [4.69, 9.17) is 0 Å². The number of aromatic nitrogens is 6. The molecule has 7 nitrogen and oxygen atoms in total. The summed E-state index contributed by atoms with van der Waals surface area (Å²) in [7, 11) is 0. The number of fused-ring (bicyclic) bond motifs is 1. The third-order valence-corrected chi connectivity index (χ3v) is 4.98. The molecular weight excluding hydrogens is 348 g/mol. The number of aryl methyl sites for hydroxylation is 4. The first-order valence-electron chi connectivity index (χ1n) is 8.46. The quantitative estimate of drug-likeness (QED) is 0.543. The summed E-state index contributed by atoms with van der Waals surface area (Å²) in [6.07, 6.45) is 2.20. The van der Waals surface area contributed by atoms with E-state index in [-0.39, 0.29) is 5.56 Å². The fourth-order valence-corrected chi connectivity index (χ4v) is 3.46. The van der Waals surface area contributed by atoms with Crippen LogP contribution in [-0.4, -0.2) is 29.3 Å². The first-order valence-corrected chi connectivity index (χ1v) is 9.34. The molecule has 0 saturated carbocycles. The molecule has 0 aliphatic heterocycles. The molecule has 26 heavy (non-hydrogen) atoms. The first-order chi connectivity index (χ1) is 12.7. The fourth-order valence-electron chi connectivity index (χ4n) is 2.87. The van der Waals surface area contributed by atoms with Gasteiger partial charge >= 0.3 is 0 Å². The van der Waals surface area contributed by atoms with E-state index >= 15 is 0 Å². The van der Waals surface area contributed by atoms with E-state index in [2.05, 4.69) is 20.1 Å². The third-order valence-electron chi connectivity index (χ3n) is 4.20. The number of para-hydroxylation sites is 1. The molecule has 0 saturated heterocycles. The Morgan fingerprint density at radius 1 is 1.19 bits per heavy atom. The summed E-state index contributed by atoms with van der Waals surface area (Å²) in [6, 6.07) is 7.38. The molecule has 0 N–H and O–H groups in total. The predicted octanol–water partition coefficient (Wildman–Crippen LogP) is 2.68. The molecule has 0 fully saturated rings. The van der Waals surface area contributed by atoms with Gasteiger partial charge in [0.1, 0.15) is 11.5 Å². The van der Waals surface area contributed by atoms with Crippen molar-refractivity contribution in [1.82, 2.24) is 29.3 Å². The minimum Gasteiger partial charge on any atom is -0.298 e. The van der Waals surface area contributed by atoms with Gasteiger partial charge in [0, 0.05) is 24.9 Å². The Hall–Kier alpha value is -2.87. The Labute approximate surface area is 154 Å². The number of hydrogen-bond donors (Lipinski definition) is 0. The lowest BCUT2D eigenvalue weighted by Gasteiger charge is -2.06. The van der Waals surface area contributed by atoms with Gasteiger partial charge in [-0.25, -0.2) is 19.6 Å². The van der Waals surface area contributed by atoms with Crippen LogP contribution in [0.3, 0.4) is 0 Å². The van der Waals surface area contributed by atoms with Gasteiger partial charge in [-0.2, -0.15) is 0 Å². The van der Waals surface area contributed by atoms with Gasteiger partial charge in [0.25, 0.3) is 5.56 Å². The van der Waals surface area contributed by atoms with Crippen molar-refractivity contribution < 1.29 is 0 Å². The lowest BCUT2D eigenvalue weighted by molar-refractivity contribution is 0.573. The maximum absolute atomic E-state index is 12.6. The SMILES string of the molecule is CCn1nc(-c2csc(C)n2)nc1CCn1cnc2ccccc2c1=O. The Morgan fingerprint density at radius 3 is 2.81 bits per heavy atom. The van der Waals surface area contributed by atoms with Crippen LogP contribution in [0.2, 0.25) is 0 Å². The first kappa shape index (κ1) is 16.6. The minimum absolute atomic E-state index is 0.0338. The normalized spacial score (nSPS) is 11.3. The van der Waals surface area contributed by atoms with Gasteiger partial charge in [-0.05, 0) is 26.0 Å². The van der Waals surface area contributed by atoms with E-state index in [1.54, 1.807) is 28.3 Å². The molecule has 4 rings (SSSR count). The van der Waals surface area contributed by atoms with Crippen LogP contribution >= 0.6 is 11.3 Å². The van der Waals surface area contributed by atoms with Crippen LogP contribution in [0.5, 0.6) is 0 Å². The van der Waals surface area contributed by atoms with Crippen LogP contribution in [-0.2, 0) is 19.5 Å². The molecule has 0 aliphatic carbocycles. The van der Waals surface area contributed by atoms with Gasteiger partial charge in [-0.3, -0.25) is 9.36 Å². The smallest absolute Gasteiger partial charge is 0.261 e. The van der Waals surface area contributed by atoms with Gasteiger partial charge < -0.3 is 0 Å². The van der Waals surface area contributed by atoms with Crippen molar-refractivity contribution in [2.24, 2.45) is 0 Å². The Morgan fingerprint density at radius 2 is 2.04 bits per heavy atom. The standard InChI is InChI=1S/C18H18N6OS/c1-3-24-16(21-17(22-24)15-10-26-12(2)20-15)8-9-23-11-19-14-7-5-4-6-13(14)18(23)25/h4-7,10-11H,3,8-9H2,1-2H3. The molecule has 0 radical (unpaired) electrons. The third kappa shape index (κ3) is 3.03. The highest BCUT2D eigenvalue weighted by Crippen LogP contribution is 2.19. The van der Waals surface area contributed by atoms with Crippen LogP contribution in [0.25, 0.3) is 22.4 Å². The van der Waals surface area contributed by atoms with Gasteiger partial charge in [0.2, 0.25) is 5.82 Å². The summed E-state index contributed by atoms with van der Waals surface area (Å²) in [5.41, 5.74) is 1.48. The summed E-state index contributed by atoms with van der Waals surface area (Å²) < 4.78 is 3.49. The maximum atomic E-state index is 12.6. The second-order valence-electron chi connectivity index (χ2n) is 5.93. The fraction of sp³-hybridized carbons (Fsp3) is 0.278. The van der Waals surface area contributed by atoms with Crippen molar-refractivity contribution in [2.75, 3.05) is 0 Å². The van der Waals surface area contributed by atoms with Crippen molar-refractivity contribution in [2.45, 2.75) is 33.4 Å². The monoisotopic (exact) mass is 366 g/mol. The summed E-state index contributed by atoms with van der Waals surface area (Å²) in [5.74, 6) is 1.48. The van der Waals surface area contributed by atoms with Gasteiger partial charge in [-0.15, -0.1) is 16.4 Å². The highest BCUT2D eigenvalue weighted by molar-refractivity contribution is 7.09. The molecule has 8 heteroatoms. The average molecular weight is 366 g/mol. The molecule has 4 aromatic rings. The van der Waals surface area contributed by atoms with E-state index in [0.29, 0.717) is 29.7 Å². The summed E-state index contributed by atoms with van der Waals surface area (Å²) in [5, 5.41) is 8.13. The lowest BCUT2D eigenvalue weighted by Crippen LogP contribution is -2.22. The van der Waals surface area contributed by atoms with Crippen molar-refractivity contribution in [3.05, 3.63) is 57.2 Å². The summed E-state index contributed by atoms with van der Waals surface area (Å²) in [4.78, 5) is 26.1. The molecule has 0 unspecified atom stereocenters. The molecule has 0 amide bonds. The number of thiazole rings is 1. The second kappa shape index (κ2) is 6.80. The molecule has 0 spiro atoms. The van der Waals surface area contributed by atoms with Crippen LogP contribution in [0.15, 0.2) is 40.8 Å². The largest absolute Gasteiger partial charge is 0.298 e. The van der Waals surface area contributed by atoms with E-state index in [1.165, 1.54) is 0 Å². The topological polar surface area (TPSA) is 78.5 Å². The molecular formula is C18H18N6OS. The summed E-state index contributed by atoms with van der Waals surface area (Å²) >= 11 is 1.58.